The lowest BCUT2D eigenvalue weighted by Crippen LogP contribution is -2.33. The van der Waals surface area contributed by atoms with Gasteiger partial charge in [-0.3, -0.25) is 0 Å². The molecule has 0 aliphatic carbocycles. The summed E-state index contributed by atoms with van der Waals surface area (Å²) in [7, 11) is 0. The third-order valence-corrected chi connectivity index (χ3v) is 2.50. The Hall–Kier alpha value is -0.850. The topological polar surface area (TPSA) is 66.0 Å². The highest BCUT2D eigenvalue weighted by molar-refractivity contribution is 5.67. The van der Waals surface area contributed by atoms with Crippen LogP contribution in [0.4, 0.5) is 4.79 Å². The van der Waals surface area contributed by atoms with E-state index in [1.54, 1.807) is 0 Å². The van der Waals surface area contributed by atoms with Crippen molar-refractivity contribution in [2.45, 2.75) is 58.5 Å². The van der Waals surface area contributed by atoms with Crippen molar-refractivity contribution in [1.82, 2.24) is 5.32 Å². The SMILES string of the molecule is CC(C)(C)OC(=O)NCCCOCC1COC(C)(C)O1. The van der Waals surface area contributed by atoms with Crippen LogP contribution in [-0.4, -0.2) is 50.0 Å². The molecule has 1 amide bonds. The van der Waals surface area contributed by atoms with Gasteiger partial charge in [0.05, 0.1) is 13.2 Å². The first-order valence-electron chi connectivity index (χ1n) is 7.04. The lowest BCUT2D eigenvalue weighted by atomic mass is 10.2. The third-order valence-electron chi connectivity index (χ3n) is 2.50. The Morgan fingerprint density at radius 1 is 1.40 bits per heavy atom. The van der Waals surface area contributed by atoms with Gasteiger partial charge in [0.25, 0.3) is 0 Å². The average molecular weight is 289 g/mol. The van der Waals surface area contributed by atoms with Gasteiger partial charge in [-0.2, -0.15) is 0 Å². The van der Waals surface area contributed by atoms with Crippen LogP contribution in [0.25, 0.3) is 0 Å². The van der Waals surface area contributed by atoms with E-state index in [9.17, 15) is 4.79 Å². The fraction of sp³-hybridized carbons (Fsp3) is 0.929. The second-order valence-electron chi connectivity index (χ2n) is 6.31. The molecule has 1 atom stereocenters. The minimum absolute atomic E-state index is 0.0104. The number of hydrogen-bond acceptors (Lipinski definition) is 5. The van der Waals surface area contributed by atoms with Crippen LogP contribution in [0.1, 0.15) is 41.0 Å². The van der Waals surface area contributed by atoms with E-state index in [1.807, 2.05) is 34.6 Å². The molecular weight excluding hydrogens is 262 g/mol. The average Bonchev–Trinajstić information content (AvgIpc) is 2.61. The fourth-order valence-corrected chi connectivity index (χ4v) is 1.74. The molecule has 1 fully saturated rings. The van der Waals surface area contributed by atoms with Gasteiger partial charge in [-0.05, 0) is 41.0 Å². The number of amides is 1. The van der Waals surface area contributed by atoms with Gasteiger partial charge >= 0.3 is 6.09 Å². The number of hydrogen-bond donors (Lipinski definition) is 1. The molecule has 0 bridgehead atoms. The third kappa shape index (κ3) is 7.67. The van der Waals surface area contributed by atoms with Gasteiger partial charge in [0.1, 0.15) is 11.7 Å². The highest BCUT2D eigenvalue weighted by Crippen LogP contribution is 2.22. The zero-order valence-corrected chi connectivity index (χ0v) is 13.2. The molecule has 1 aliphatic heterocycles. The van der Waals surface area contributed by atoms with E-state index in [1.165, 1.54) is 0 Å². The van der Waals surface area contributed by atoms with Crippen LogP contribution in [0, 0.1) is 0 Å². The van der Waals surface area contributed by atoms with Crippen LogP contribution >= 0.6 is 0 Å². The van der Waals surface area contributed by atoms with Crippen LogP contribution in [0.3, 0.4) is 0 Å². The Bertz CT molecular complexity index is 311. The molecule has 0 radical (unpaired) electrons. The van der Waals surface area contributed by atoms with Crippen molar-refractivity contribution in [1.29, 1.82) is 0 Å². The Kier molecular flexibility index (Phi) is 6.23. The van der Waals surface area contributed by atoms with Crippen molar-refractivity contribution in [3.05, 3.63) is 0 Å². The van der Waals surface area contributed by atoms with Crippen LogP contribution in [0.5, 0.6) is 0 Å². The summed E-state index contributed by atoms with van der Waals surface area (Å²) in [6.45, 7) is 11.4. The molecule has 20 heavy (non-hydrogen) atoms. The van der Waals surface area contributed by atoms with Crippen LogP contribution in [0.15, 0.2) is 0 Å². The number of carbonyl (C=O) groups excluding carboxylic acids is 1. The molecule has 1 aliphatic rings. The maximum Gasteiger partial charge on any atom is 0.407 e. The van der Waals surface area contributed by atoms with E-state index in [-0.39, 0.29) is 6.10 Å². The second kappa shape index (κ2) is 7.24. The van der Waals surface area contributed by atoms with Gasteiger partial charge in [0.2, 0.25) is 0 Å². The normalized spacial score (nSPS) is 21.8. The number of carbonyl (C=O) groups is 1. The number of alkyl carbamates (subject to hydrolysis) is 1. The highest BCUT2D eigenvalue weighted by atomic mass is 16.7. The van der Waals surface area contributed by atoms with Gasteiger partial charge in [0.15, 0.2) is 5.79 Å². The maximum atomic E-state index is 11.4. The van der Waals surface area contributed by atoms with E-state index in [4.69, 9.17) is 18.9 Å². The van der Waals surface area contributed by atoms with Crippen molar-refractivity contribution in [3.8, 4) is 0 Å². The Morgan fingerprint density at radius 2 is 2.10 bits per heavy atom. The first-order valence-corrected chi connectivity index (χ1v) is 7.04. The van der Waals surface area contributed by atoms with E-state index in [0.29, 0.717) is 26.4 Å². The molecule has 6 nitrogen and oxygen atoms in total. The number of ether oxygens (including phenoxy) is 4. The summed E-state index contributed by atoms with van der Waals surface area (Å²) in [5.41, 5.74) is -0.465. The minimum atomic E-state index is -0.508. The van der Waals surface area contributed by atoms with E-state index < -0.39 is 17.5 Å². The molecule has 0 aromatic carbocycles. The fourth-order valence-electron chi connectivity index (χ4n) is 1.74. The lowest BCUT2D eigenvalue weighted by Gasteiger charge is -2.19. The summed E-state index contributed by atoms with van der Waals surface area (Å²) in [6.07, 6.45) is 0.325. The molecule has 1 unspecified atom stereocenters. The summed E-state index contributed by atoms with van der Waals surface area (Å²) in [4.78, 5) is 11.4. The molecule has 1 saturated heterocycles. The molecule has 0 aromatic heterocycles. The zero-order chi connectivity index (χ0) is 15.2. The summed E-state index contributed by atoms with van der Waals surface area (Å²) in [5, 5.41) is 2.68. The second-order valence-corrected chi connectivity index (χ2v) is 6.31. The molecule has 1 N–H and O–H groups in total. The van der Waals surface area contributed by atoms with Gasteiger partial charge in [-0.25, -0.2) is 4.79 Å². The molecule has 118 valence electrons. The van der Waals surface area contributed by atoms with E-state index in [0.717, 1.165) is 6.42 Å². The van der Waals surface area contributed by atoms with Crippen LogP contribution in [0.2, 0.25) is 0 Å². The number of nitrogens with one attached hydrogen (secondary N) is 1. The summed E-state index contributed by atoms with van der Waals surface area (Å²) in [5.74, 6) is -0.508. The Morgan fingerprint density at radius 3 is 2.65 bits per heavy atom. The monoisotopic (exact) mass is 289 g/mol. The van der Waals surface area contributed by atoms with Crippen molar-refractivity contribution in [3.63, 3.8) is 0 Å². The zero-order valence-electron chi connectivity index (χ0n) is 13.2. The van der Waals surface area contributed by atoms with E-state index in [2.05, 4.69) is 5.32 Å². The van der Waals surface area contributed by atoms with Crippen molar-refractivity contribution in [2.75, 3.05) is 26.4 Å². The standard InChI is InChI=1S/C14H27NO5/c1-13(2,3)20-12(16)15-7-6-8-17-9-11-10-18-14(4,5)19-11/h11H,6-10H2,1-5H3,(H,15,16). The summed E-state index contributed by atoms with van der Waals surface area (Å²) >= 11 is 0. The van der Waals surface area contributed by atoms with Gasteiger partial charge in [-0.15, -0.1) is 0 Å². The predicted molar refractivity (Wildman–Crippen MR) is 74.6 cm³/mol. The van der Waals surface area contributed by atoms with Gasteiger partial charge in [-0.1, -0.05) is 0 Å². The van der Waals surface area contributed by atoms with Crippen molar-refractivity contribution >= 4 is 6.09 Å². The van der Waals surface area contributed by atoms with Crippen LogP contribution in [-0.2, 0) is 18.9 Å². The Balaban J connectivity index is 1.97. The molecule has 0 aromatic rings. The first-order chi connectivity index (χ1) is 9.18. The molecule has 1 rings (SSSR count). The summed E-state index contributed by atoms with van der Waals surface area (Å²) < 4.78 is 21.7. The molecule has 1 heterocycles. The highest BCUT2D eigenvalue weighted by Gasteiger charge is 2.32. The first kappa shape index (κ1) is 17.2. The van der Waals surface area contributed by atoms with Crippen molar-refractivity contribution < 1.29 is 23.7 Å². The smallest absolute Gasteiger partial charge is 0.407 e. The van der Waals surface area contributed by atoms with Gasteiger partial charge in [0, 0.05) is 13.2 Å². The van der Waals surface area contributed by atoms with Crippen molar-refractivity contribution in [2.24, 2.45) is 0 Å². The quantitative estimate of drug-likeness (QED) is 0.758. The predicted octanol–water partition coefficient (Wildman–Crippen LogP) is 2.07. The van der Waals surface area contributed by atoms with Gasteiger partial charge < -0.3 is 24.3 Å². The molecule has 6 heteroatoms. The van der Waals surface area contributed by atoms with Crippen LogP contribution < -0.4 is 5.32 Å². The lowest BCUT2D eigenvalue weighted by molar-refractivity contribution is -0.145. The largest absolute Gasteiger partial charge is 0.444 e. The molecular formula is C14H27NO5. The molecule has 0 spiro atoms. The minimum Gasteiger partial charge on any atom is -0.444 e. The number of rotatable bonds is 6. The maximum absolute atomic E-state index is 11.4. The Labute approximate surface area is 121 Å². The molecule has 0 saturated carbocycles. The van der Waals surface area contributed by atoms with E-state index >= 15 is 0 Å². The summed E-state index contributed by atoms with van der Waals surface area (Å²) in [6, 6.07) is 0.